The second-order valence-corrected chi connectivity index (χ2v) is 6.93. The van der Waals surface area contributed by atoms with Gasteiger partial charge in [0.1, 0.15) is 5.75 Å². The summed E-state index contributed by atoms with van der Waals surface area (Å²) in [6.07, 6.45) is 1.42. The van der Waals surface area contributed by atoms with E-state index in [2.05, 4.69) is 10.2 Å². The van der Waals surface area contributed by atoms with Crippen molar-refractivity contribution in [3.8, 4) is 5.75 Å². The number of carbonyl (C=O) groups is 2. The summed E-state index contributed by atoms with van der Waals surface area (Å²) in [6, 6.07) is 6.56. The van der Waals surface area contributed by atoms with E-state index in [0.717, 1.165) is 13.1 Å². The fraction of sp³-hybridized carbons (Fsp3) is 0.579. The van der Waals surface area contributed by atoms with Crippen LogP contribution in [0.1, 0.15) is 19.8 Å². The summed E-state index contributed by atoms with van der Waals surface area (Å²) < 4.78 is 5.30. The number of benzene rings is 1. The SMILES string of the molecule is C[C@@H](C(=O)N1CCOCC1)N1CCC(C(=O)Nc2ccccc2O)CC1. The van der Waals surface area contributed by atoms with Gasteiger partial charge in [0.15, 0.2) is 0 Å². The lowest BCUT2D eigenvalue weighted by Gasteiger charge is -2.37. The van der Waals surface area contributed by atoms with Crippen molar-refractivity contribution in [3.05, 3.63) is 24.3 Å². The first-order valence-corrected chi connectivity index (χ1v) is 9.25. The van der Waals surface area contributed by atoms with Crippen LogP contribution < -0.4 is 5.32 Å². The predicted octanol–water partition coefficient (Wildman–Crippen LogP) is 1.29. The zero-order valence-electron chi connectivity index (χ0n) is 15.2. The highest BCUT2D eigenvalue weighted by molar-refractivity contribution is 5.94. The first kappa shape index (κ1) is 18.7. The van der Waals surface area contributed by atoms with Gasteiger partial charge in [-0.25, -0.2) is 0 Å². The summed E-state index contributed by atoms with van der Waals surface area (Å²) in [5.41, 5.74) is 0.441. The van der Waals surface area contributed by atoms with Gasteiger partial charge in [-0.2, -0.15) is 0 Å². The van der Waals surface area contributed by atoms with Crippen LogP contribution in [0.4, 0.5) is 5.69 Å². The Kier molecular flexibility index (Phi) is 6.11. The van der Waals surface area contributed by atoms with Gasteiger partial charge in [0, 0.05) is 19.0 Å². The number of amides is 2. The number of anilines is 1. The number of carbonyl (C=O) groups excluding carboxylic acids is 2. The number of morpholine rings is 1. The zero-order valence-corrected chi connectivity index (χ0v) is 15.2. The summed E-state index contributed by atoms with van der Waals surface area (Å²) in [6.45, 7) is 5.90. The highest BCUT2D eigenvalue weighted by atomic mass is 16.5. The molecule has 1 aromatic carbocycles. The molecule has 7 heteroatoms. The number of phenolic OH excluding ortho intramolecular Hbond substituents is 1. The third-order valence-electron chi connectivity index (χ3n) is 5.29. The Labute approximate surface area is 153 Å². The van der Waals surface area contributed by atoms with Crippen molar-refractivity contribution in [3.63, 3.8) is 0 Å². The van der Waals surface area contributed by atoms with Crippen LogP contribution in [0, 0.1) is 5.92 Å². The van der Waals surface area contributed by atoms with E-state index in [-0.39, 0.29) is 29.5 Å². The third kappa shape index (κ3) is 4.34. The van der Waals surface area contributed by atoms with Crippen molar-refractivity contribution in [1.29, 1.82) is 0 Å². The minimum absolute atomic E-state index is 0.0710. The molecule has 1 atom stereocenters. The van der Waals surface area contributed by atoms with E-state index < -0.39 is 0 Å². The summed E-state index contributed by atoms with van der Waals surface area (Å²) in [4.78, 5) is 29.1. The molecule has 2 aliphatic heterocycles. The van der Waals surface area contributed by atoms with Crippen LogP contribution in [0.25, 0.3) is 0 Å². The van der Waals surface area contributed by atoms with Gasteiger partial charge in [-0.1, -0.05) is 12.1 Å². The molecule has 0 unspecified atom stereocenters. The quantitative estimate of drug-likeness (QED) is 0.790. The van der Waals surface area contributed by atoms with Gasteiger partial charge >= 0.3 is 0 Å². The number of piperidine rings is 1. The average Bonchev–Trinajstić information content (AvgIpc) is 2.69. The van der Waals surface area contributed by atoms with Crippen molar-refractivity contribution in [2.45, 2.75) is 25.8 Å². The molecule has 26 heavy (non-hydrogen) atoms. The van der Waals surface area contributed by atoms with E-state index in [1.54, 1.807) is 24.3 Å². The first-order valence-electron chi connectivity index (χ1n) is 9.25. The predicted molar refractivity (Wildman–Crippen MR) is 97.9 cm³/mol. The Morgan fingerprint density at radius 2 is 1.81 bits per heavy atom. The molecule has 2 fully saturated rings. The molecule has 0 saturated carbocycles. The molecule has 0 radical (unpaired) electrons. The molecule has 2 aliphatic rings. The number of nitrogens with one attached hydrogen (secondary N) is 1. The normalized spacial score (nSPS) is 20.6. The smallest absolute Gasteiger partial charge is 0.239 e. The largest absolute Gasteiger partial charge is 0.506 e. The highest BCUT2D eigenvalue weighted by Crippen LogP contribution is 2.25. The number of hydrogen-bond acceptors (Lipinski definition) is 5. The van der Waals surface area contributed by atoms with Crippen molar-refractivity contribution >= 4 is 17.5 Å². The Morgan fingerprint density at radius 3 is 2.46 bits per heavy atom. The second-order valence-electron chi connectivity index (χ2n) is 6.93. The maximum atomic E-state index is 12.6. The number of aromatic hydroxyl groups is 1. The van der Waals surface area contributed by atoms with E-state index >= 15 is 0 Å². The molecule has 2 heterocycles. The molecule has 3 rings (SSSR count). The first-order chi connectivity index (χ1) is 12.6. The molecule has 0 aromatic heterocycles. The zero-order chi connectivity index (χ0) is 18.5. The van der Waals surface area contributed by atoms with Crippen molar-refractivity contribution < 1.29 is 19.4 Å². The average molecular weight is 361 g/mol. The van der Waals surface area contributed by atoms with Gasteiger partial charge in [0.05, 0.1) is 24.9 Å². The monoisotopic (exact) mass is 361 g/mol. The molecule has 7 nitrogen and oxygen atoms in total. The van der Waals surface area contributed by atoms with Gasteiger partial charge in [-0.15, -0.1) is 0 Å². The van der Waals surface area contributed by atoms with Crippen molar-refractivity contribution in [2.75, 3.05) is 44.7 Å². The third-order valence-corrected chi connectivity index (χ3v) is 5.29. The van der Waals surface area contributed by atoms with Crippen LogP contribution in [0.15, 0.2) is 24.3 Å². The Balaban J connectivity index is 1.49. The fourth-order valence-electron chi connectivity index (χ4n) is 3.57. The molecule has 2 amide bonds. The minimum Gasteiger partial charge on any atom is -0.506 e. The second kappa shape index (κ2) is 8.51. The number of rotatable bonds is 4. The number of phenols is 1. The Morgan fingerprint density at radius 1 is 1.15 bits per heavy atom. The van der Waals surface area contributed by atoms with Gasteiger partial charge in [0.25, 0.3) is 0 Å². The lowest BCUT2D eigenvalue weighted by Crippen LogP contribution is -2.52. The molecule has 2 saturated heterocycles. The molecular weight excluding hydrogens is 334 g/mol. The Bertz CT molecular complexity index is 637. The topological polar surface area (TPSA) is 82.1 Å². The molecule has 1 aromatic rings. The van der Waals surface area contributed by atoms with E-state index in [1.165, 1.54) is 0 Å². The summed E-state index contributed by atoms with van der Waals surface area (Å²) in [7, 11) is 0. The van der Waals surface area contributed by atoms with Crippen LogP contribution in [0.3, 0.4) is 0 Å². The highest BCUT2D eigenvalue weighted by Gasteiger charge is 2.32. The number of hydrogen-bond donors (Lipinski definition) is 2. The standard InChI is InChI=1S/C19H27N3O4/c1-14(19(25)22-10-12-26-13-11-22)21-8-6-15(7-9-21)18(24)20-16-4-2-3-5-17(16)23/h2-5,14-15,23H,6-13H2,1H3,(H,20,24)/t14-/m0/s1. The van der Waals surface area contributed by atoms with Crippen molar-refractivity contribution in [2.24, 2.45) is 5.92 Å². The van der Waals surface area contributed by atoms with Gasteiger partial charge in [-0.3, -0.25) is 14.5 Å². The summed E-state index contributed by atoms with van der Waals surface area (Å²) in [5.74, 6) is 0.0447. The fourth-order valence-corrected chi connectivity index (χ4v) is 3.57. The van der Waals surface area contributed by atoms with Crippen LogP contribution in [-0.4, -0.2) is 72.2 Å². The molecular formula is C19H27N3O4. The maximum Gasteiger partial charge on any atom is 0.239 e. The lowest BCUT2D eigenvalue weighted by atomic mass is 9.94. The number of nitrogens with zero attached hydrogens (tertiary/aromatic N) is 2. The van der Waals surface area contributed by atoms with E-state index in [1.807, 2.05) is 11.8 Å². The minimum atomic E-state index is -0.171. The summed E-state index contributed by atoms with van der Waals surface area (Å²) >= 11 is 0. The van der Waals surface area contributed by atoms with Crippen LogP contribution in [0.5, 0.6) is 5.75 Å². The lowest BCUT2D eigenvalue weighted by molar-refractivity contribution is -0.141. The van der Waals surface area contributed by atoms with Crippen LogP contribution in [-0.2, 0) is 14.3 Å². The van der Waals surface area contributed by atoms with E-state index in [0.29, 0.717) is 44.8 Å². The van der Waals surface area contributed by atoms with Gasteiger partial charge in [0.2, 0.25) is 11.8 Å². The maximum absolute atomic E-state index is 12.6. The van der Waals surface area contributed by atoms with Crippen molar-refractivity contribution in [1.82, 2.24) is 9.80 Å². The van der Waals surface area contributed by atoms with E-state index in [9.17, 15) is 14.7 Å². The number of likely N-dealkylation sites (tertiary alicyclic amines) is 1. The van der Waals surface area contributed by atoms with Gasteiger partial charge in [-0.05, 0) is 45.0 Å². The Hall–Kier alpha value is -2.12. The van der Waals surface area contributed by atoms with E-state index in [4.69, 9.17) is 4.74 Å². The molecule has 142 valence electrons. The molecule has 0 spiro atoms. The molecule has 0 aliphatic carbocycles. The molecule has 2 N–H and O–H groups in total. The molecule has 0 bridgehead atoms. The number of ether oxygens (including phenoxy) is 1. The summed E-state index contributed by atoms with van der Waals surface area (Å²) in [5, 5.41) is 12.6. The van der Waals surface area contributed by atoms with Crippen LogP contribution in [0.2, 0.25) is 0 Å². The van der Waals surface area contributed by atoms with Crippen LogP contribution >= 0.6 is 0 Å². The van der Waals surface area contributed by atoms with Gasteiger partial charge < -0.3 is 20.1 Å². The number of para-hydroxylation sites is 2.